The molecule has 0 fully saturated rings. The van der Waals surface area contributed by atoms with Crippen molar-refractivity contribution in [2.75, 3.05) is 7.11 Å². The van der Waals surface area contributed by atoms with Gasteiger partial charge in [-0.25, -0.2) is 14.6 Å². The molecule has 4 aromatic rings. The standard InChI is InChI=1S/C18H13N3O2.C4H4O4/c1-23-14-3-2-12-6-9-21-17(22)11-16(13-4-7-19-8-5-13)20-18(21)15(12)10-14;5-3(6)1-2-4(7)8/h2-11H,1H3;1-2H,(H,5,6)(H,7,8)/b;2-1-. The van der Waals surface area contributed by atoms with E-state index < -0.39 is 11.9 Å². The Balaban J connectivity index is 0.000000293. The van der Waals surface area contributed by atoms with Crippen LogP contribution in [0.4, 0.5) is 0 Å². The number of carbonyl (C=O) groups is 2. The van der Waals surface area contributed by atoms with Crippen LogP contribution in [0.5, 0.6) is 5.75 Å². The third-order valence-corrected chi connectivity index (χ3v) is 4.20. The lowest BCUT2D eigenvalue weighted by molar-refractivity contribution is -0.134. The largest absolute Gasteiger partial charge is 0.497 e. The highest BCUT2D eigenvalue weighted by atomic mass is 16.5. The second-order valence-corrected chi connectivity index (χ2v) is 6.19. The number of fused-ring (bicyclic) bond motifs is 3. The quantitative estimate of drug-likeness (QED) is 0.381. The lowest BCUT2D eigenvalue weighted by Gasteiger charge is -2.08. The average molecular weight is 419 g/mol. The molecule has 156 valence electrons. The lowest BCUT2D eigenvalue weighted by atomic mass is 10.1. The van der Waals surface area contributed by atoms with Gasteiger partial charge in [-0.2, -0.15) is 0 Å². The van der Waals surface area contributed by atoms with E-state index >= 15 is 0 Å². The Morgan fingerprint density at radius 3 is 2.29 bits per heavy atom. The number of benzene rings is 1. The van der Waals surface area contributed by atoms with Gasteiger partial charge in [-0.1, -0.05) is 6.07 Å². The third-order valence-electron chi connectivity index (χ3n) is 4.20. The summed E-state index contributed by atoms with van der Waals surface area (Å²) in [5.41, 5.74) is 1.99. The van der Waals surface area contributed by atoms with Crippen molar-refractivity contribution >= 4 is 28.4 Å². The molecule has 0 atom stereocenters. The van der Waals surface area contributed by atoms with Gasteiger partial charge in [0.1, 0.15) is 11.4 Å². The van der Waals surface area contributed by atoms with E-state index in [9.17, 15) is 14.4 Å². The third kappa shape index (κ3) is 5.10. The smallest absolute Gasteiger partial charge is 0.328 e. The van der Waals surface area contributed by atoms with Crippen molar-refractivity contribution in [3.8, 4) is 17.0 Å². The van der Waals surface area contributed by atoms with Crippen LogP contribution in [0.1, 0.15) is 0 Å². The van der Waals surface area contributed by atoms with E-state index in [1.165, 1.54) is 6.07 Å². The number of hydrogen-bond acceptors (Lipinski definition) is 6. The van der Waals surface area contributed by atoms with Gasteiger partial charge in [-0.3, -0.25) is 14.2 Å². The molecule has 9 heteroatoms. The molecule has 0 aliphatic rings. The monoisotopic (exact) mass is 419 g/mol. The van der Waals surface area contributed by atoms with E-state index in [0.717, 1.165) is 22.1 Å². The average Bonchev–Trinajstić information content (AvgIpc) is 2.78. The molecule has 3 aromatic heterocycles. The molecular formula is C22H17N3O6. The minimum Gasteiger partial charge on any atom is -0.497 e. The molecule has 0 radical (unpaired) electrons. The summed E-state index contributed by atoms with van der Waals surface area (Å²) in [6.07, 6.45) is 6.23. The first-order valence-corrected chi connectivity index (χ1v) is 8.93. The highest BCUT2D eigenvalue weighted by molar-refractivity contribution is 5.95. The zero-order chi connectivity index (χ0) is 22.4. The van der Waals surface area contributed by atoms with E-state index in [1.54, 1.807) is 30.1 Å². The maximum atomic E-state index is 12.4. The molecule has 0 bridgehead atoms. The number of carboxylic acid groups (broad SMARTS) is 2. The highest BCUT2D eigenvalue weighted by Gasteiger charge is 2.08. The summed E-state index contributed by atoms with van der Waals surface area (Å²) in [7, 11) is 1.62. The van der Waals surface area contributed by atoms with Gasteiger partial charge in [0.25, 0.3) is 5.56 Å². The predicted octanol–water partition coefficient (Wildman–Crippen LogP) is 2.63. The summed E-state index contributed by atoms with van der Waals surface area (Å²) in [4.78, 5) is 40.2. The van der Waals surface area contributed by atoms with Crippen molar-refractivity contribution < 1.29 is 24.5 Å². The van der Waals surface area contributed by atoms with Gasteiger partial charge < -0.3 is 14.9 Å². The van der Waals surface area contributed by atoms with Crippen LogP contribution in [0.15, 0.2) is 78.0 Å². The molecule has 3 heterocycles. The van der Waals surface area contributed by atoms with Crippen molar-refractivity contribution in [1.29, 1.82) is 0 Å². The van der Waals surface area contributed by atoms with E-state index in [4.69, 9.17) is 14.9 Å². The number of pyridine rings is 2. The second-order valence-electron chi connectivity index (χ2n) is 6.19. The van der Waals surface area contributed by atoms with E-state index in [0.29, 0.717) is 23.5 Å². The van der Waals surface area contributed by atoms with Crippen LogP contribution in [0.25, 0.3) is 27.7 Å². The SMILES string of the molecule is COc1ccc2ccn3c(=O)cc(-c4ccncc4)nc3c2c1.O=C(O)/C=C\C(=O)O. The number of ether oxygens (including phenoxy) is 1. The molecule has 31 heavy (non-hydrogen) atoms. The van der Waals surface area contributed by atoms with Crippen molar-refractivity contribution in [2.24, 2.45) is 0 Å². The first-order chi connectivity index (χ1) is 14.9. The summed E-state index contributed by atoms with van der Waals surface area (Å²) in [5.74, 6) is -1.78. The maximum Gasteiger partial charge on any atom is 0.328 e. The minimum absolute atomic E-state index is 0.119. The summed E-state index contributed by atoms with van der Waals surface area (Å²) >= 11 is 0. The zero-order valence-corrected chi connectivity index (χ0v) is 16.3. The van der Waals surface area contributed by atoms with Crippen LogP contribution < -0.4 is 10.3 Å². The normalized spacial score (nSPS) is 10.6. The molecule has 0 spiro atoms. The molecule has 9 nitrogen and oxygen atoms in total. The van der Waals surface area contributed by atoms with Crippen LogP contribution in [0.3, 0.4) is 0 Å². The fourth-order valence-corrected chi connectivity index (χ4v) is 2.79. The Hall–Kier alpha value is -4.53. The van der Waals surface area contributed by atoms with Crippen LogP contribution in [-0.2, 0) is 9.59 Å². The topological polar surface area (TPSA) is 131 Å². The van der Waals surface area contributed by atoms with Crippen molar-refractivity contribution in [2.45, 2.75) is 0 Å². The minimum atomic E-state index is -1.26. The number of nitrogens with zero attached hydrogens (tertiary/aromatic N) is 3. The first-order valence-electron chi connectivity index (χ1n) is 8.93. The summed E-state index contributed by atoms with van der Waals surface area (Å²) < 4.78 is 6.84. The molecule has 2 N–H and O–H groups in total. The number of aromatic nitrogens is 3. The maximum absolute atomic E-state index is 12.4. The summed E-state index contributed by atoms with van der Waals surface area (Å²) in [6, 6.07) is 12.9. The Morgan fingerprint density at radius 2 is 1.68 bits per heavy atom. The van der Waals surface area contributed by atoms with Crippen LogP contribution in [0.2, 0.25) is 0 Å². The Labute approximate surface area is 175 Å². The highest BCUT2D eigenvalue weighted by Crippen LogP contribution is 2.24. The second kappa shape index (κ2) is 9.31. The van der Waals surface area contributed by atoms with Crippen LogP contribution >= 0.6 is 0 Å². The van der Waals surface area contributed by atoms with Gasteiger partial charge in [0.15, 0.2) is 0 Å². The molecule has 0 saturated heterocycles. The molecule has 0 saturated carbocycles. The molecule has 0 aliphatic carbocycles. The van der Waals surface area contributed by atoms with Gasteiger partial charge in [0.05, 0.1) is 12.8 Å². The number of rotatable bonds is 4. The van der Waals surface area contributed by atoms with E-state index in [-0.39, 0.29) is 5.56 Å². The van der Waals surface area contributed by atoms with Gasteiger partial charge in [0.2, 0.25) is 0 Å². The van der Waals surface area contributed by atoms with Gasteiger partial charge in [-0.05, 0) is 35.7 Å². The van der Waals surface area contributed by atoms with E-state index in [1.807, 2.05) is 36.4 Å². The van der Waals surface area contributed by atoms with Crippen molar-refractivity contribution in [3.63, 3.8) is 0 Å². The lowest BCUT2D eigenvalue weighted by Crippen LogP contribution is -2.14. The van der Waals surface area contributed by atoms with Gasteiger partial charge in [0, 0.05) is 47.8 Å². The van der Waals surface area contributed by atoms with E-state index in [2.05, 4.69) is 9.97 Å². The first kappa shape index (κ1) is 21.2. The Kier molecular flexibility index (Phi) is 6.36. The molecule has 1 aromatic carbocycles. The number of hydrogen-bond donors (Lipinski definition) is 2. The summed E-state index contributed by atoms with van der Waals surface area (Å²) in [6.45, 7) is 0. The molecule has 4 rings (SSSR count). The number of carboxylic acids is 2. The molecule has 0 aliphatic heterocycles. The molecular weight excluding hydrogens is 402 g/mol. The Bertz CT molecular complexity index is 1330. The molecule has 0 unspecified atom stereocenters. The number of aliphatic carboxylic acids is 2. The van der Waals surface area contributed by atoms with Crippen LogP contribution in [0, 0.1) is 0 Å². The van der Waals surface area contributed by atoms with Crippen LogP contribution in [-0.4, -0.2) is 43.6 Å². The number of methoxy groups -OCH3 is 1. The van der Waals surface area contributed by atoms with Gasteiger partial charge in [-0.15, -0.1) is 0 Å². The van der Waals surface area contributed by atoms with Gasteiger partial charge >= 0.3 is 11.9 Å². The van der Waals surface area contributed by atoms with Crippen molar-refractivity contribution in [3.05, 3.63) is 83.6 Å². The summed E-state index contributed by atoms with van der Waals surface area (Å²) in [5, 5.41) is 17.5. The fraction of sp³-hybridized carbons (Fsp3) is 0.0455. The van der Waals surface area contributed by atoms with Crippen molar-refractivity contribution in [1.82, 2.24) is 14.4 Å². The zero-order valence-electron chi connectivity index (χ0n) is 16.3. The fourth-order valence-electron chi connectivity index (χ4n) is 2.79. The molecule has 0 amide bonds. The predicted molar refractivity (Wildman–Crippen MR) is 113 cm³/mol. The Morgan fingerprint density at radius 1 is 1.00 bits per heavy atom.